The van der Waals surface area contributed by atoms with Crippen molar-refractivity contribution in [3.05, 3.63) is 35.9 Å². The van der Waals surface area contributed by atoms with E-state index >= 15 is 0 Å². The molecule has 0 saturated carbocycles. The van der Waals surface area contributed by atoms with E-state index < -0.39 is 6.17 Å². The first-order valence-corrected chi connectivity index (χ1v) is 3.90. The average Bonchev–Trinajstić information content (AvgIpc) is 2.16. The lowest BCUT2D eigenvalue weighted by atomic mass is 10.1. The van der Waals surface area contributed by atoms with Crippen molar-refractivity contribution in [3.63, 3.8) is 0 Å². The first kappa shape index (κ1) is 8.73. The van der Waals surface area contributed by atoms with Crippen molar-refractivity contribution in [3.8, 4) is 6.07 Å². The van der Waals surface area contributed by atoms with Gasteiger partial charge in [0.15, 0.2) is 6.17 Å². The van der Waals surface area contributed by atoms with Gasteiger partial charge in [-0.1, -0.05) is 30.3 Å². The van der Waals surface area contributed by atoms with Crippen molar-refractivity contribution in [2.75, 3.05) is 0 Å². The van der Waals surface area contributed by atoms with E-state index in [1.807, 2.05) is 30.3 Å². The predicted molar refractivity (Wildman–Crippen MR) is 45.3 cm³/mol. The number of hydrogen-bond donors (Lipinski definition) is 0. The highest BCUT2D eigenvalue weighted by Crippen LogP contribution is 2.06. The maximum absolute atomic E-state index is 12.5. The molecule has 0 spiro atoms. The van der Waals surface area contributed by atoms with Gasteiger partial charge < -0.3 is 0 Å². The van der Waals surface area contributed by atoms with E-state index in [0.29, 0.717) is 12.8 Å². The van der Waals surface area contributed by atoms with Crippen LogP contribution in [0.25, 0.3) is 0 Å². The van der Waals surface area contributed by atoms with E-state index in [4.69, 9.17) is 5.26 Å². The molecule has 0 aliphatic carbocycles. The van der Waals surface area contributed by atoms with Gasteiger partial charge in [-0.25, -0.2) is 4.39 Å². The summed E-state index contributed by atoms with van der Waals surface area (Å²) < 4.78 is 12.5. The zero-order valence-corrected chi connectivity index (χ0v) is 6.70. The van der Waals surface area contributed by atoms with Gasteiger partial charge in [0.2, 0.25) is 0 Å². The Balaban J connectivity index is 2.40. The van der Waals surface area contributed by atoms with Gasteiger partial charge >= 0.3 is 0 Å². The fourth-order valence-electron chi connectivity index (χ4n) is 1.00. The van der Waals surface area contributed by atoms with Crippen LogP contribution in [0.3, 0.4) is 0 Å². The summed E-state index contributed by atoms with van der Waals surface area (Å²) in [5, 5.41) is 8.19. The van der Waals surface area contributed by atoms with Gasteiger partial charge in [0.1, 0.15) is 0 Å². The van der Waals surface area contributed by atoms with Crippen LogP contribution in [0.2, 0.25) is 0 Å². The number of aryl methyl sites for hydroxylation is 1. The Morgan fingerprint density at radius 3 is 2.58 bits per heavy atom. The highest BCUT2D eigenvalue weighted by molar-refractivity contribution is 5.14. The van der Waals surface area contributed by atoms with E-state index in [9.17, 15) is 4.39 Å². The first-order valence-electron chi connectivity index (χ1n) is 3.90. The Labute approximate surface area is 71.4 Å². The molecule has 0 aliphatic heterocycles. The lowest BCUT2D eigenvalue weighted by molar-refractivity contribution is 0.387. The van der Waals surface area contributed by atoms with Crippen molar-refractivity contribution >= 4 is 0 Å². The standard InChI is InChI=1S/C10H10FN/c11-10(8-12)7-6-9-4-2-1-3-5-9/h1-5,10H,6-7H2/t10-/m0/s1. The van der Waals surface area contributed by atoms with Crippen LogP contribution in [-0.4, -0.2) is 6.17 Å². The van der Waals surface area contributed by atoms with Gasteiger partial charge in [-0.2, -0.15) is 5.26 Å². The lowest BCUT2D eigenvalue weighted by Crippen LogP contribution is -1.97. The summed E-state index contributed by atoms with van der Waals surface area (Å²) in [6, 6.07) is 11.2. The van der Waals surface area contributed by atoms with E-state index in [0.717, 1.165) is 5.56 Å². The highest BCUT2D eigenvalue weighted by Gasteiger charge is 2.02. The number of alkyl halides is 1. The van der Waals surface area contributed by atoms with Crippen molar-refractivity contribution < 1.29 is 4.39 Å². The molecule has 1 aromatic carbocycles. The monoisotopic (exact) mass is 163 g/mol. The maximum atomic E-state index is 12.5. The molecule has 1 nitrogen and oxygen atoms in total. The van der Waals surface area contributed by atoms with Crippen molar-refractivity contribution in [2.45, 2.75) is 19.0 Å². The van der Waals surface area contributed by atoms with Crippen LogP contribution in [0.1, 0.15) is 12.0 Å². The molecule has 0 heterocycles. The molecule has 1 rings (SSSR count). The molecule has 0 saturated heterocycles. The second-order valence-corrected chi connectivity index (χ2v) is 2.62. The molecule has 0 radical (unpaired) electrons. The van der Waals surface area contributed by atoms with Crippen molar-refractivity contribution in [1.82, 2.24) is 0 Å². The van der Waals surface area contributed by atoms with E-state index in [1.54, 1.807) is 6.07 Å². The third kappa shape index (κ3) is 2.71. The Morgan fingerprint density at radius 1 is 1.33 bits per heavy atom. The van der Waals surface area contributed by atoms with Crippen LogP contribution < -0.4 is 0 Å². The van der Waals surface area contributed by atoms with Crippen molar-refractivity contribution in [2.24, 2.45) is 0 Å². The van der Waals surface area contributed by atoms with Gasteiger partial charge in [0.25, 0.3) is 0 Å². The second-order valence-electron chi connectivity index (χ2n) is 2.62. The smallest absolute Gasteiger partial charge is 0.186 e. The summed E-state index contributed by atoms with van der Waals surface area (Å²) in [4.78, 5) is 0. The molecule has 0 bridgehead atoms. The summed E-state index contributed by atoms with van der Waals surface area (Å²) in [5.41, 5.74) is 1.08. The Kier molecular flexibility index (Phi) is 3.28. The molecule has 0 aliphatic rings. The molecule has 0 unspecified atom stereocenters. The lowest BCUT2D eigenvalue weighted by Gasteiger charge is -1.99. The van der Waals surface area contributed by atoms with Gasteiger partial charge in [-0.15, -0.1) is 0 Å². The summed E-state index contributed by atoms with van der Waals surface area (Å²) in [6.45, 7) is 0. The maximum Gasteiger partial charge on any atom is 0.186 e. The number of hydrogen-bond acceptors (Lipinski definition) is 1. The number of rotatable bonds is 3. The molecular weight excluding hydrogens is 153 g/mol. The van der Waals surface area contributed by atoms with Gasteiger partial charge in [-0.3, -0.25) is 0 Å². The number of benzene rings is 1. The average molecular weight is 163 g/mol. The fraction of sp³-hybridized carbons (Fsp3) is 0.300. The van der Waals surface area contributed by atoms with Crippen LogP contribution in [-0.2, 0) is 6.42 Å². The third-order valence-corrected chi connectivity index (χ3v) is 1.67. The van der Waals surface area contributed by atoms with Crippen LogP contribution in [0.4, 0.5) is 4.39 Å². The Bertz CT molecular complexity index is 263. The molecule has 1 atom stereocenters. The van der Waals surface area contributed by atoms with Crippen LogP contribution in [0, 0.1) is 11.3 Å². The topological polar surface area (TPSA) is 23.8 Å². The zero-order chi connectivity index (χ0) is 8.81. The highest BCUT2D eigenvalue weighted by atomic mass is 19.1. The second kappa shape index (κ2) is 4.50. The molecule has 0 amide bonds. The molecule has 1 aromatic rings. The Hall–Kier alpha value is -1.36. The summed E-state index contributed by atoms with van der Waals surface area (Å²) >= 11 is 0. The first-order chi connectivity index (χ1) is 5.83. The summed E-state index contributed by atoms with van der Waals surface area (Å²) in [7, 11) is 0. The summed E-state index contributed by atoms with van der Waals surface area (Å²) in [5.74, 6) is 0. The van der Waals surface area contributed by atoms with Crippen LogP contribution >= 0.6 is 0 Å². The molecule has 2 heteroatoms. The number of nitriles is 1. The van der Waals surface area contributed by atoms with Crippen molar-refractivity contribution in [1.29, 1.82) is 5.26 Å². The van der Waals surface area contributed by atoms with E-state index in [2.05, 4.69) is 0 Å². The minimum atomic E-state index is -1.33. The fourth-order valence-corrected chi connectivity index (χ4v) is 1.00. The SMILES string of the molecule is N#C[C@@H](F)CCc1ccccc1. The largest absolute Gasteiger partial charge is 0.231 e. The quantitative estimate of drug-likeness (QED) is 0.671. The Morgan fingerprint density at radius 2 is 2.00 bits per heavy atom. The summed E-state index contributed by atoms with van der Waals surface area (Å²) in [6.07, 6.45) is -0.402. The van der Waals surface area contributed by atoms with Crippen LogP contribution in [0.5, 0.6) is 0 Å². The molecule has 0 fully saturated rings. The minimum Gasteiger partial charge on any atom is -0.231 e. The molecular formula is C10H10FN. The number of halogens is 1. The van der Waals surface area contributed by atoms with Gasteiger partial charge in [-0.05, 0) is 18.4 Å². The predicted octanol–water partition coefficient (Wildman–Crippen LogP) is 2.48. The molecule has 0 N–H and O–H groups in total. The van der Waals surface area contributed by atoms with Gasteiger partial charge in [0.05, 0.1) is 6.07 Å². The minimum absolute atomic E-state index is 0.292. The number of nitrogens with zero attached hydrogens (tertiary/aromatic N) is 1. The molecule has 12 heavy (non-hydrogen) atoms. The van der Waals surface area contributed by atoms with E-state index in [1.165, 1.54) is 0 Å². The van der Waals surface area contributed by atoms with Crippen LogP contribution in [0.15, 0.2) is 30.3 Å². The van der Waals surface area contributed by atoms with E-state index in [-0.39, 0.29) is 0 Å². The molecule has 62 valence electrons. The third-order valence-electron chi connectivity index (χ3n) is 1.67. The van der Waals surface area contributed by atoms with Gasteiger partial charge in [0, 0.05) is 0 Å². The molecule has 0 aromatic heterocycles. The zero-order valence-electron chi connectivity index (χ0n) is 6.70. The normalized spacial score (nSPS) is 12.0.